The Balaban J connectivity index is 3.42. The maximum absolute atomic E-state index is 11.1. The molecule has 0 heterocycles. The minimum Gasteiger partial charge on any atom is -0.496 e. The van der Waals surface area contributed by atoms with Crippen LogP contribution in [0, 0.1) is 0 Å². The van der Waals surface area contributed by atoms with Crippen molar-refractivity contribution in [1.82, 2.24) is 0 Å². The van der Waals surface area contributed by atoms with E-state index in [-0.39, 0.29) is 5.92 Å². The maximum Gasteiger partial charge on any atom is 0.252 e. The molecule has 0 saturated carbocycles. The van der Waals surface area contributed by atoms with Gasteiger partial charge in [-0.1, -0.05) is 13.8 Å². The smallest absolute Gasteiger partial charge is 0.252 e. The molecule has 0 amide bonds. The number of methoxy groups -OCH3 is 2. The van der Waals surface area contributed by atoms with Crippen LogP contribution in [0.3, 0.4) is 0 Å². The van der Waals surface area contributed by atoms with Crippen LogP contribution in [0.4, 0.5) is 0 Å². The minimum absolute atomic E-state index is 0.240. The van der Waals surface area contributed by atoms with Gasteiger partial charge < -0.3 is 9.47 Å². The van der Waals surface area contributed by atoms with Crippen molar-refractivity contribution < 1.29 is 14.3 Å². The second kappa shape index (κ2) is 5.21. The van der Waals surface area contributed by atoms with Crippen molar-refractivity contribution in [1.29, 1.82) is 0 Å². The van der Waals surface area contributed by atoms with Crippen molar-refractivity contribution in [2.75, 3.05) is 14.2 Å². The Bertz CT molecular complexity index is 374. The number of hydrogen-bond donors (Lipinski definition) is 0. The van der Waals surface area contributed by atoms with Gasteiger partial charge in [0.1, 0.15) is 11.5 Å². The molecule has 0 N–H and O–H groups in total. The molecule has 0 aliphatic rings. The third-order valence-electron chi connectivity index (χ3n) is 2.35. The van der Waals surface area contributed by atoms with Crippen molar-refractivity contribution in [2.45, 2.75) is 19.8 Å². The van der Waals surface area contributed by atoms with Gasteiger partial charge in [0.25, 0.3) is 5.24 Å². The fourth-order valence-corrected chi connectivity index (χ4v) is 1.73. The highest BCUT2D eigenvalue weighted by molar-refractivity contribution is 6.67. The minimum atomic E-state index is -0.521. The summed E-state index contributed by atoms with van der Waals surface area (Å²) in [4.78, 5) is 11.1. The summed E-state index contributed by atoms with van der Waals surface area (Å²) in [5.41, 5.74) is 1.31. The maximum atomic E-state index is 11.1. The SMILES string of the molecule is COc1cc(C(=O)Cl)cc(OC)c1C(C)C. The van der Waals surface area contributed by atoms with Gasteiger partial charge in [-0.25, -0.2) is 0 Å². The number of rotatable bonds is 4. The van der Waals surface area contributed by atoms with Crippen molar-refractivity contribution in [2.24, 2.45) is 0 Å². The fourth-order valence-electron chi connectivity index (χ4n) is 1.62. The van der Waals surface area contributed by atoms with E-state index in [1.165, 1.54) is 0 Å². The molecule has 1 rings (SSSR count). The van der Waals surface area contributed by atoms with Gasteiger partial charge in [0.15, 0.2) is 0 Å². The van der Waals surface area contributed by atoms with Gasteiger partial charge in [-0.3, -0.25) is 4.79 Å². The molecule has 16 heavy (non-hydrogen) atoms. The van der Waals surface area contributed by atoms with Crippen LogP contribution in [0.25, 0.3) is 0 Å². The Morgan fingerprint density at radius 2 is 1.62 bits per heavy atom. The van der Waals surface area contributed by atoms with Gasteiger partial charge >= 0.3 is 0 Å². The monoisotopic (exact) mass is 242 g/mol. The van der Waals surface area contributed by atoms with Crippen LogP contribution in [0.5, 0.6) is 11.5 Å². The number of carbonyl (C=O) groups excluding carboxylic acids is 1. The highest BCUT2D eigenvalue weighted by Gasteiger charge is 2.17. The van der Waals surface area contributed by atoms with Gasteiger partial charge in [0.2, 0.25) is 0 Å². The fraction of sp³-hybridized carbons (Fsp3) is 0.417. The number of benzene rings is 1. The second-order valence-corrected chi connectivity index (χ2v) is 4.07. The molecule has 3 nitrogen and oxygen atoms in total. The summed E-state index contributed by atoms with van der Waals surface area (Å²) in [6.07, 6.45) is 0. The lowest BCUT2D eigenvalue weighted by Crippen LogP contribution is -2.01. The predicted octanol–water partition coefficient (Wildman–Crippen LogP) is 3.21. The first-order valence-electron chi connectivity index (χ1n) is 4.97. The Labute approximate surface area is 100 Å². The average Bonchev–Trinajstić information content (AvgIpc) is 2.26. The number of carbonyl (C=O) groups is 1. The molecule has 0 bridgehead atoms. The van der Waals surface area contributed by atoms with Gasteiger partial charge in [-0.15, -0.1) is 0 Å². The normalized spacial score (nSPS) is 10.4. The van der Waals surface area contributed by atoms with Crippen LogP contribution in [-0.2, 0) is 0 Å². The summed E-state index contributed by atoms with van der Waals surface area (Å²) in [6.45, 7) is 4.06. The van der Waals surface area contributed by atoms with E-state index in [0.717, 1.165) is 5.56 Å². The van der Waals surface area contributed by atoms with Crippen LogP contribution in [0.2, 0.25) is 0 Å². The van der Waals surface area contributed by atoms with Crippen LogP contribution in [-0.4, -0.2) is 19.5 Å². The van der Waals surface area contributed by atoms with Gasteiger partial charge in [-0.2, -0.15) is 0 Å². The summed E-state index contributed by atoms with van der Waals surface area (Å²) >= 11 is 5.44. The molecule has 0 radical (unpaired) electrons. The molecule has 1 aromatic rings. The van der Waals surface area contributed by atoms with Crippen LogP contribution >= 0.6 is 11.6 Å². The molecular weight excluding hydrogens is 228 g/mol. The zero-order valence-electron chi connectivity index (χ0n) is 9.83. The first kappa shape index (κ1) is 12.8. The molecule has 0 aromatic heterocycles. The third kappa shape index (κ3) is 2.47. The summed E-state index contributed by atoms with van der Waals surface area (Å²) in [5, 5.41) is -0.521. The lowest BCUT2D eigenvalue weighted by molar-refractivity contribution is 0.108. The molecule has 0 aliphatic carbocycles. The van der Waals surface area contributed by atoms with E-state index in [9.17, 15) is 4.79 Å². The van der Waals surface area contributed by atoms with Gasteiger partial charge in [-0.05, 0) is 29.7 Å². The summed E-state index contributed by atoms with van der Waals surface area (Å²) in [5.74, 6) is 1.49. The Morgan fingerprint density at radius 1 is 1.19 bits per heavy atom. The molecule has 4 heteroatoms. The summed E-state index contributed by atoms with van der Waals surface area (Å²) in [6, 6.07) is 3.26. The van der Waals surface area contributed by atoms with Crippen molar-refractivity contribution in [3.05, 3.63) is 23.3 Å². The van der Waals surface area contributed by atoms with E-state index >= 15 is 0 Å². The van der Waals surface area contributed by atoms with E-state index < -0.39 is 5.24 Å². The van der Waals surface area contributed by atoms with E-state index in [4.69, 9.17) is 21.1 Å². The van der Waals surface area contributed by atoms with Gasteiger partial charge in [0.05, 0.1) is 14.2 Å². The second-order valence-electron chi connectivity index (χ2n) is 3.72. The quantitative estimate of drug-likeness (QED) is 0.761. The average molecular weight is 243 g/mol. The highest BCUT2D eigenvalue weighted by atomic mass is 35.5. The van der Waals surface area contributed by atoms with Crippen LogP contribution in [0.15, 0.2) is 12.1 Å². The molecule has 0 spiro atoms. The van der Waals surface area contributed by atoms with Crippen molar-refractivity contribution in [3.8, 4) is 11.5 Å². The first-order chi connectivity index (χ1) is 7.51. The molecule has 0 saturated heterocycles. The number of ether oxygens (including phenoxy) is 2. The summed E-state index contributed by atoms with van der Waals surface area (Å²) < 4.78 is 10.5. The molecule has 1 aromatic carbocycles. The van der Waals surface area contributed by atoms with E-state index in [1.807, 2.05) is 13.8 Å². The van der Waals surface area contributed by atoms with Crippen LogP contribution in [0.1, 0.15) is 35.7 Å². The predicted molar refractivity (Wildman–Crippen MR) is 63.8 cm³/mol. The lowest BCUT2D eigenvalue weighted by atomic mass is 9.99. The third-order valence-corrected chi connectivity index (χ3v) is 2.57. The highest BCUT2D eigenvalue weighted by Crippen LogP contribution is 2.36. The number of hydrogen-bond acceptors (Lipinski definition) is 3. The Morgan fingerprint density at radius 3 is 1.88 bits per heavy atom. The molecule has 0 unspecified atom stereocenters. The zero-order valence-corrected chi connectivity index (χ0v) is 10.6. The molecule has 0 atom stereocenters. The van der Waals surface area contributed by atoms with E-state index in [2.05, 4.69) is 0 Å². The topological polar surface area (TPSA) is 35.5 Å². The van der Waals surface area contributed by atoms with Crippen LogP contribution < -0.4 is 9.47 Å². The largest absolute Gasteiger partial charge is 0.496 e. The van der Waals surface area contributed by atoms with E-state index in [0.29, 0.717) is 17.1 Å². The van der Waals surface area contributed by atoms with Crippen molar-refractivity contribution in [3.63, 3.8) is 0 Å². The Hall–Kier alpha value is -1.22. The van der Waals surface area contributed by atoms with Crippen molar-refractivity contribution >= 4 is 16.8 Å². The Kier molecular flexibility index (Phi) is 4.19. The van der Waals surface area contributed by atoms with Gasteiger partial charge in [0, 0.05) is 11.1 Å². The van der Waals surface area contributed by atoms with E-state index in [1.54, 1.807) is 26.4 Å². The number of halogens is 1. The molecular formula is C12H15ClO3. The zero-order chi connectivity index (χ0) is 12.3. The molecule has 0 aliphatic heterocycles. The summed E-state index contributed by atoms with van der Waals surface area (Å²) in [7, 11) is 3.12. The standard InChI is InChI=1S/C12H15ClO3/c1-7(2)11-9(15-3)5-8(12(13)14)6-10(11)16-4/h5-7H,1-4H3. The first-order valence-corrected chi connectivity index (χ1v) is 5.34. The molecule has 0 fully saturated rings. The molecule has 88 valence electrons. The lowest BCUT2D eigenvalue weighted by Gasteiger charge is -2.16.